The number of aromatic nitrogens is 1. The van der Waals surface area contributed by atoms with Gasteiger partial charge >= 0.3 is 0 Å². The molecule has 0 amide bonds. The molecule has 0 aliphatic heterocycles. The lowest BCUT2D eigenvalue weighted by molar-refractivity contribution is 0.596. The van der Waals surface area contributed by atoms with E-state index in [1.165, 1.54) is 105 Å². The second-order valence-electron chi connectivity index (χ2n) is 16.7. The molecule has 278 valence electrons. The van der Waals surface area contributed by atoms with Gasteiger partial charge in [-0.3, -0.25) is 0 Å². The molecular formula is C56H42FN. The van der Waals surface area contributed by atoms with Crippen molar-refractivity contribution in [3.63, 3.8) is 0 Å². The summed E-state index contributed by atoms with van der Waals surface area (Å²) in [4.78, 5) is 0. The van der Waals surface area contributed by atoms with E-state index in [4.69, 9.17) is 0 Å². The van der Waals surface area contributed by atoms with Gasteiger partial charge < -0.3 is 4.57 Å². The van der Waals surface area contributed by atoms with Crippen LogP contribution in [0.25, 0.3) is 77.1 Å². The third-order valence-electron chi connectivity index (χ3n) is 13.5. The van der Waals surface area contributed by atoms with Crippen molar-refractivity contribution in [1.82, 2.24) is 4.57 Å². The summed E-state index contributed by atoms with van der Waals surface area (Å²) in [6, 6.07) is 52.8. The molecule has 1 nitrogen and oxygen atoms in total. The molecule has 7 aromatic carbocycles. The van der Waals surface area contributed by atoms with E-state index in [0.29, 0.717) is 12.3 Å². The molecule has 4 aliphatic rings. The lowest BCUT2D eigenvalue weighted by Crippen LogP contribution is -2.09. The summed E-state index contributed by atoms with van der Waals surface area (Å²) in [7, 11) is 0. The van der Waals surface area contributed by atoms with Crippen molar-refractivity contribution in [3.8, 4) is 33.4 Å². The normalized spacial score (nSPS) is 16.7. The molecule has 4 aliphatic carbocycles. The van der Waals surface area contributed by atoms with Crippen LogP contribution >= 0.6 is 0 Å². The van der Waals surface area contributed by atoms with Gasteiger partial charge in [-0.15, -0.1) is 0 Å². The summed E-state index contributed by atoms with van der Waals surface area (Å²) in [6.45, 7) is 0. The third-order valence-corrected chi connectivity index (χ3v) is 13.5. The van der Waals surface area contributed by atoms with Gasteiger partial charge in [-0.1, -0.05) is 146 Å². The second-order valence-corrected chi connectivity index (χ2v) is 16.7. The highest BCUT2D eigenvalue weighted by molar-refractivity contribution is 6.15. The van der Waals surface area contributed by atoms with Crippen LogP contribution in [0.4, 0.5) is 4.39 Å². The van der Waals surface area contributed by atoms with Crippen LogP contribution in [-0.2, 0) is 12.8 Å². The molecule has 0 fully saturated rings. The van der Waals surface area contributed by atoms with Gasteiger partial charge in [0.1, 0.15) is 5.83 Å². The molecule has 2 heteroatoms. The maximum atomic E-state index is 14.2. The summed E-state index contributed by atoms with van der Waals surface area (Å²) in [6.07, 6.45) is 15.9. The average Bonchev–Trinajstić information content (AvgIpc) is 3.55. The van der Waals surface area contributed by atoms with E-state index in [0.717, 1.165) is 32.1 Å². The Morgan fingerprint density at radius 3 is 2.26 bits per heavy atom. The lowest BCUT2D eigenvalue weighted by atomic mass is 9.80. The van der Waals surface area contributed by atoms with E-state index in [-0.39, 0.29) is 11.9 Å². The Hall–Kier alpha value is -6.51. The smallest absolute Gasteiger partial charge is 0.119 e. The number of allylic oxidation sites excluding steroid dienone is 8. The van der Waals surface area contributed by atoms with E-state index in [1.54, 1.807) is 12.2 Å². The van der Waals surface area contributed by atoms with Gasteiger partial charge in [-0.2, -0.15) is 0 Å². The Balaban J connectivity index is 0.965. The lowest BCUT2D eigenvalue weighted by Gasteiger charge is -2.24. The Labute approximate surface area is 338 Å². The third kappa shape index (κ3) is 5.28. The van der Waals surface area contributed by atoms with Gasteiger partial charge in [-0.25, -0.2) is 4.39 Å². The Morgan fingerprint density at radius 2 is 1.38 bits per heavy atom. The maximum absolute atomic E-state index is 14.2. The zero-order chi connectivity index (χ0) is 38.3. The zero-order valence-corrected chi connectivity index (χ0v) is 32.4. The minimum absolute atomic E-state index is 0.0620. The highest BCUT2D eigenvalue weighted by atomic mass is 19.1. The van der Waals surface area contributed by atoms with Crippen molar-refractivity contribution >= 4 is 43.7 Å². The largest absolute Gasteiger partial charge is 0.333 e. The molecule has 0 spiro atoms. The predicted molar refractivity (Wildman–Crippen MR) is 242 cm³/mol. The van der Waals surface area contributed by atoms with Gasteiger partial charge in [0.05, 0.1) is 6.04 Å². The number of rotatable bonds is 7. The number of fused-ring (bicyclic) bond motifs is 7. The van der Waals surface area contributed by atoms with E-state index < -0.39 is 0 Å². The van der Waals surface area contributed by atoms with E-state index >= 15 is 0 Å². The van der Waals surface area contributed by atoms with Crippen LogP contribution < -0.4 is 0 Å². The summed E-state index contributed by atoms with van der Waals surface area (Å²) in [5, 5.41) is 5.06. The highest BCUT2D eigenvalue weighted by Gasteiger charge is 2.32. The fourth-order valence-corrected chi connectivity index (χ4v) is 10.8. The van der Waals surface area contributed by atoms with Crippen LogP contribution in [0.5, 0.6) is 0 Å². The van der Waals surface area contributed by atoms with Gasteiger partial charge in [0, 0.05) is 21.8 Å². The first kappa shape index (κ1) is 33.6. The van der Waals surface area contributed by atoms with Crippen LogP contribution in [0.2, 0.25) is 0 Å². The summed E-state index contributed by atoms with van der Waals surface area (Å²) in [5.41, 5.74) is 20.4. The molecule has 2 atom stereocenters. The zero-order valence-electron chi connectivity index (χ0n) is 32.4. The fraction of sp³-hybridized carbons (Fsp3) is 0.143. The minimum Gasteiger partial charge on any atom is -0.333 e. The van der Waals surface area contributed by atoms with Gasteiger partial charge in [0.2, 0.25) is 0 Å². The molecule has 1 aromatic heterocycles. The topological polar surface area (TPSA) is 4.93 Å². The first-order valence-electron chi connectivity index (χ1n) is 21.0. The monoisotopic (exact) mass is 747 g/mol. The first-order chi connectivity index (χ1) is 28.7. The van der Waals surface area contributed by atoms with E-state index in [9.17, 15) is 4.39 Å². The molecule has 12 rings (SSSR count). The van der Waals surface area contributed by atoms with Gasteiger partial charge in [-0.05, 0) is 152 Å². The molecule has 0 radical (unpaired) electrons. The van der Waals surface area contributed by atoms with Crippen molar-refractivity contribution in [2.45, 2.75) is 50.5 Å². The number of para-hydroxylation sites is 1. The number of hydrogen-bond donors (Lipinski definition) is 0. The first-order valence-corrected chi connectivity index (χ1v) is 21.0. The second kappa shape index (κ2) is 13.3. The van der Waals surface area contributed by atoms with E-state index in [2.05, 4.69) is 156 Å². The number of aryl methyl sites for hydroxylation is 1. The summed E-state index contributed by atoms with van der Waals surface area (Å²) < 4.78 is 16.7. The fourth-order valence-electron chi connectivity index (χ4n) is 10.8. The predicted octanol–water partition coefficient (Wildman–Crippen LogP) is 15.1. The number of hydrogen-bond acceptors (Lipinski definition) is 0. The molecule has 0 N–H and O–H groups in total. The van der Waals surface area contributed by atoms with Crippen molar-refractivity contribution in [2.24, 2.45) is 0 Å². The maximum Gasteiger partial charge on any atom is 0.119 e. The molecular weight excluding hydrogens is 706 g/mol. The SMILES string of the molecule is FC1=CCC(n2c3ccccc3c3ccc(C(CCc4ccc5c(c4)-c4c6cccc4-c4cccc-5c4C4=C6C=CCC4)Cc4ccc5ccccc5c4)cc32)C=C1. The molecule has 1 heterocycles. The standard InChI is InChI=1S/C56H42FN/c57-41-25-27-42(28-26-41)58-53-18-6-5-12-45(53)46-30-24-40(34-54(46)58)39(32-36-20-22-37-9-1-2-10-38(37)31-36)23-19-35-21-29-44-49-15-8-16-50-51-17-7-14-48(56(51)52(44)33-35)43-11-3-4-13-47(43)55(49)50/h1-3,5-12,14-18,20-22,24-27,29-31,33-34,39,42H,4,13,19,23,28,32H2. The molecule has 8 aromatic rings. The van der Waals surface area contributed by atoms with Crippen LogP contribution in [0, 0.1) is 0 Å². The highest BCUT2D eigenvalue weighted by Crippen LogP contribution is 2.56. The number of nitrogens with zero attached hydrogens (tertiary/aromatic N) is 1. The van der Waals surface area contributed by atoms with Crippen molar-refractivity contribution in [1.29, 1.82) is 0 Å². The molecule has 58 heavy (non-hydrogen) atoms. The minimum atomic E-state index is -0.149. The summed E-state index contributed by atoms with van der Waals surface area (Å²) >= 11 is 0. The van der Waals surface area contributed by atoms with Crippen LogP contribution in [0.3, 0.4) is 0 Å². The Bertz CT molecular complexity index is 3150. The van der Waals surface area contributed by atoms with E-state index in [1.807, 2.05) is 6.08 Å². The van der Waals surface area contributed by atoms with Gasteiger partial charge in [0.25, 0.3) is 0 Å². The molecule has 6 bridgehead atoms. The molecule has 0 saturated heterocycles. The van der Waals surface area contributed by atoms with Crippen molar-refractivity contribution < 1.29 is 4.39 Å². The number of benzene rings is 7. The number of halogens is 1. The van der Waals surface area contributed by atoms with Crippen LogP contribution in [-0.4, -0.2) is 4.57 Å². The van der Waals surface area contributed by atoms with Crippen molar-refractivity contribution in [3.05, 3.63) is 204 Å². The molecule has 2 unspecified atom stereocenters. The molecule has 0 saturated carbocycles. The van der Waals surface area contributed by atoms with Gasteiger partial charge in [0.15, 0.2) is 0 Å². The summed E-state index contributed by atoms with van der Waals surface area (Å²) in [5.74, 6) is 0.141. The Morgan fingerprint density at radius 1 is 0.603 bits per heavy atom. The quantitative estimate of drug-likeness (QED) is 0.153. The Kier molecular flexibility index (Phi) is 7.70. The van der Waals surface area contributed by atoms with Crippen LogP contribution in [0.1, 0.15) is 65.5 Å². The van der Waals surface area contributed by atoms with Crippen molar-refractivity contribution in [2.75, 3.05) is 0 Å². The average molecular weight is 748 g/mol. The van der Waals surface area contributed by atoms with Crippen LogP contribution in [0.15, 0.2) is 176 Å².